The molecule has 2 heteroatoms. The highest BCUT2D eigenvalue weighted by molar-refractivity contribution is 5.26. The van der Waals surface area contributed by atoms with E-state index >= 15 is 0 Å². The van der Waals surface area contributed by atoms with E-state index in [-0.39, 0.29) is 5.79 Å². The molecule has 1 heterocycles. The van der Waals surface area contributed by atoms with Crippen molar-refractivity contribution in [3.63, 3.8) is 0 Å². The molecule has 0 saturated heterocycles. The van der Waals surface area contributed by atoms with Crippen LogP contribution in [0.4, 0.5) is 0 Å². The van der Waals surface area contributed by atoms with E-state index in [1.54, 1.807) is 0 Å². The van der Waals surface area contributed by atoms with E-state index in [0.717, 1.165) is 12.8 Å². The summed E-state index contributed by atoms with van der Waals surface area (Å²) >= 11 is 0. The van der Waals surface area contributed by atoms with Crippen LogP contribution in [0.2, 0.25) is 0 Å². The predicted molar refractivity (Wildman–Crippen MR) is 57.2 cm³/mol. The molecule has 0 atom stereocenters. The Morgan fingerprint density at radius 3 is 1.93 bits per heavy atom. The van der Waals surface area contributed by atoms with Gasteiger partial charge in [0.25, 0.3) is 0 Å². The van der Waals surface area contributed by atoms with E-state index in [2.05, 4.69) is 24.3 Å². The van der Waals surface area contributed by atoms with Crippen LogP contribution in [0.15, 0.2) is 24.3 Å². The van der Waals surface area contributed by atoms with Crippen LogP contribution < -0.4 is 0 Å². The van der Waals surface area contributed by atoms with Gasteiger partial charge in [0.05, 0.1) is 13.2 Å². The first-order chi connectivity index (χ1) is 7.38. The second-order valence-electron chi connectivity index (χ2n) is 4.46. The average Bonchev–Trinajstić information content (AvgIpc) is 2.65. The van der Waals surface area contributed by atoms with Gasteiger partial charge in [-0.3, -0.25) is 0 Å². The van der Waals surface area contributed by atoms with Crippen LogP contribution in [0.5, 0.6) is 0 Å². The van der Waals surface area contributed by atoms with Crippen molar-refractivity contribution >= 4 is 0 Å². The molecule has 2 nitrogen and oxygen atoms in total. The Balaban J connectivity index is 1.85. The molecule has 15 heavy (non-hydrogen) atoms. The molecule has 1 fully saturated rings. The number of rotatable bonds is 0. The van der Waals surface area contributed by atoms with Gasteiger partial charge in [0.2, 0.25) is 0 Å². The number of hydrogen-bond acceptors (Lipinski definition) is 2. The van der Waals surface area contributed by atoms with Crippen molar-refractivity contribution in [1.82, 2.24) is 0 Å². The van der Waals surface area contributed by atoms with Crippen molar-refractivity contribution in [3.8, 4) is 0 Å². The van der Waals surface area contributed by atoms with Crippen LogP contribution >= 0.6 is 0 Å². The third kappa shape index (κ3) is 1.68. The maximum Gasteiger partial charge on any atom is 0.169 e. The third-order valence-corrected chi connectivity index (χ3v) is 3.47. The van der Waals surface area contributed by atoms with Crippen LogP contribution in [0, 0.1) is 0 Å². The van der Waals surface area contributed by atoms with Gasteiger partial charge >= 0.3 is 0 Å². The zero-order chi connectivity index (χ0) is 10.1. The molecule has 1 spiro atoms. The predicted octanol–water partition coefficient (Wildman–Crippen LogP) is 3.00. The first-order valence-electron chi connectivity index (χ1n) is 5.73. The summed E-state index contributed by atoms with van der Waals surface area (Å²) < 4.78 is 11.9. The Kier molecular flexibility index (Phi) is 2.26. The Labute approximate surface area is 90.2 Å². The van der Waals surface area contributed by atoms with E-state index in [9.17, 15) is 0 Å². The van der Waals surface area contributed by atoms with Gasteiger partial charge in [0.1, 0.15) is 0 Å². The molecule has 0 unspecified atom stereocenters. The highest BCUT2D eigenvalue weighted by atomic mass is 16.7. The largest absolute Gasteiger partial charge is 0.345 e. The van der Waals surface area contributed by atoms with Crippen LogP contribution in [0.25, 0.3) is 0 Å². The molecule has 0 bridgehead atoms. The Bertz CT molecular complexity index is 324. The van der Waals surface area contributed by atoms with Gasteiger partial charge < -0.3 is 9.47 Å². The van der Waals surface area contributed by atoms with Gasteiger partial charge in [-0.2, -0.15) is 0 Å². The maximum atomic E-state index is 5.96. The molecule has 1 aromatic rings. The molecule has 0 N–H and O–H groups in total. The summed E-state index contributed by atoms with van der Waals surface area (Å²) in [5.74, 6) is -0.265. The zero-order valence-electron chi connectivity index (χ0n) is 8.87. The minimum Gasteiger partial charge on any atom is -0.345 e. The standard InChI is InChI=1S/C13H16O2/c1-2-6-12-10-15-13(7-3-4-8-13)14-9-11(12)5-1/h1-2,5-6H,3-4,7-10H2. The van der Waals surface area contributed by atoms with Gasteiger partial charge in [0.15, 0.2) is 5.79 Å². The molecule has 80 valence electrons. The summed E-state index contributed by atoms with van der Waals surface area (Å²) in [6.45, 7) is 1.41. The fourth-order valence-corrected chi connectivity index (χ4v) is 2.50. The second kappa shape index (κ2) is 3.62. The number of hydrogen-bond donors (Lipinski definition) is 0. The van der Waals surface area contributed by atoms with Crippen molar-refractivity contribution < 1.29 is 9.47 Å². The first kappa shape index (κ1) is 9.37. The summed E-state index contributed by atoms with van der Waals surface area (Å²) in [5, 5.41) is 0. The lowest BCUT2D eigenvalue weighted by Crippen LogP contribution is -2.30. The number of ether oxygens (including phenoxy) is 2. The van der Waals surface area contributed by atoms with Crippen LogP contribution in [0.1, 0.15) is 36.8 Å². The minimum atomic E-state index is -0.265. The van der Waals surface area contributed by atoms with Gasteiger partial charge in [-0.25, -0.2) is 0 Å². The zero-order valence-corrected chi connectivity index (χ0v) is 8.87. The fourth-order valence-electron chi connectivity index (χ4n) is 2.50. The lowest BCUT2D eigenvalue weighted by atomic mass is 10.1. The smallest absolute Gasteiger partial charge is 0.169 e. The van der Waals surface area contributed by atoms with Crippen molar-refractivity contribution in [1.29, 1.82) is 0 Å². The molecule has 1 aliphatic carbocycles. The van der Waals surface area contributed by atoms with Crippen molar-refractivity contribution in [2.24, 2.45) is 0 Å². The molecule has 1 aromatic carbocycles. The quantitative estimate of drug-likeness (QED) is 0.646. The Morgan fingerprint density at radius 1 is 0.867 bits per heavy atom. The Hall–Kier alpha value is -0.860. The van der Waals surface area contributed by atoms with E-state index in [1.807, 2.05) is 0 Å². The normalized spacial score (nSPS) is 23.7. The maximum absolute atomic E-state index is 5.96. The number of fused-ring (bicyclic) bond motifs is 1. The van der Waals surface area contributed by atoms with Crippen LogP contribution in [-0.4, -0.2) is 5.79 Å². The van der Waals surface area contributed by atoms with Crippen LogP contribution in [0.3, 0.4) is 0 Å². The van der Waals surface area contributed by atoms with Crippen molar-refractivity contribution in [2.75, 3.05) is 0 Å². The topological polar surface area (TPSA) is 18.5 Å². The highest BCUT2D eigenvalue weighted by Gasteiger charge is 2.37. The van der Waals surface area contributed by atoms with Gasteiger partial charge in [-0.05, 0) is 24.0 Å². The molecule has 0 amide bonds. The van der Waals surface area contributed by atoms with Gasteiger partial charge in [0, 0.05) is 12.8 Å². The fraction of sp³-hybridized carbons (Fsp3) is 0.538. The monoisotopic (exact) mass is 204 g/mol. The highest BCUT2D eigenvalue weighted by Crippen LogP contribution is 2.37. The van der Waals surface area contributed by atoms with Gasteiger partial charge in [-0.1, -0.05) is 24.3 Å². The first-order valence-corrected chi connectivity index (χ1v) is 5.73. The molecule has 1 aliphatic heterocycles. The lowest BCUT2D eigenvalue weighted by molar-refractivity contribution is -0.239. The van der Waals surface area contributed by atoms with E-state index in [1.165, 1.54) is 24.0 Å². The molecule has 1 saturated carbocycles. The SMILES string of the molecule is c1ccc2c(c1)COC1(CCCC1)OC2. The summed E-state index contributed by atoms with van der Waals surface area (Å²) in [4.78, 5) is 0. The summed E-state index contributed by atoms with van der Waals surface area (Å²) in [6.07, 6.45) is 4.58. The molecular weight excluding hydrogens is 188 g/mol. The average molecular weight is 204 g/mol. The molecular formula is C13H16O2. The Morgan fingerprint density at radius 2 is 1.40 bits per heavy atom. The number of benzene rings is 1. The van der Waals surface area contributed by atoms with Crippen molar-refractivity contribution in [3.05, 3.63) is 35.4 Å². The molecule has 0 radical (unpaired) electrons. The van der Waals surface area contributed by atoms with E-state index in [4.69, 9.17) is 9.47 Å². The van der Waals surface area contributed by atoms with Gasteiger partial charge in [-0.15, -0.1) is 0 Å². The molecule has 3 rings (SSSR count). The second-order valence-corrected chi connectivity index (χ2v) is 4.46. The summed E-state index contributed by atoms with van der Waals surface area (Å²) in [5.41, 5.74) is 2.56. The molecule has 2 aliphatic rings. The van der Waals surface area contributed by atoms with Crippen LogP contribution in [-0.2, 0) is 22.7 Å². The van der Waals surface area contributed by atoms with E-state index in [0.29, 0.717) is 13.2 Å². The van der Waals surface area contributed by atoms with Crippen molar-refractivity contribution in [2.45, 2.75) is 44.7 Å². The lowest BCUT2D eigenvalue weighted by Gasteiger charge is -2.27. The van der Waals surface area contributed by atoms with E-state index < -0.39 is 0 Å². The minimum absolute atomic E-state index is 0.265. The third-order valence-electron chi connectivity index (χ3n) is 3.47. The summed E-state index contributed by atoms with van der Waals surface area (Å²) in [6, 6.07) is 8.39. The molecule has 0 aromatic heterocycles. The summed E-state index contributed by atoms with van der Waals surface area (Å²) in [7, 11) is 0.